The van der Waals surface area contributed by atoms with Gasteiger partial charge >= 0.3 is 0 Å². The fraction of sp³-hybridized carbons (Fsp3) is 0.516. The molecule has 0 amide bonds. The molecule has 2 aromatic rings. The molecule has 5 rings (SSSR count). The molecular weight excluding hydrogens is 546 g/mol. The Balaban J connectivity index is 1.60. The molecule has 6 unspecified atom stereocenters. The number of aliphatic hydroxyl groups is 2. The molecule has 2 aromatic carbocycles. The standard InChI is InChI=1S/C31H37NO10/c1-5-6-10-32-18-11-21(41-14(2)26(18)34)42-20-13-31(39,15(3)33)12-17-23(20)30(38)25-24(28(17)36)27(35)16-8-7-9-19(40-4)22(16)29(25)37/h7-9,14,18,20-21,26,32,34,36,38-39H,5-6,10-13H2,1-4H3. The van der Waals surface area contributed by atoms with Crippen LogP contribution in [0.25, 0.3) is 0 Å². The monoisotopic (exact) mass is 583 g/mol. The number of methoxy groups -OCH3 is 1. The van der Waals surface area contributed by atoms with Crippen molar-refractivity contribution in [1.29, 1.82) is 0 Å². The summed E-state index contributed by atoms with van der Waals surface area (Å²) in [5.74, 6) is -3.07. The molecule has 11 heteroatoms. The van der Waals surface area contributed by atoms with E-state index in [0.717, 1.165) is 12.8 Å². The van der Waals surface area contributed by atoms with Crippen LogP contribution in [0.4, 0.5) is 0 Å². The van der Waals surface area contributed by atoms with Crippen LogP contribution in [0.2, 0.25) is 0 Å². The van der Waals surface area contributed by atoms with E-state index in [2.05, 4.69) is 12.2 Å². The summed E-state index contributed by atoms with van der Waals surface area (Å²) in [5, 5.41) is 48.4. The molecular formula is C31H37NO10. The molecule has 1 heterocycles. The van der Waals surface area contributed by atoms with Gasteiger partial charge in [0.25, 0.3) is 0 Å². The number of hydrogen-bond acceptors (Lipinski definition) is 11. The Kier molecular flexibility index (Phi) is 8.16. The first kappa shape index (κ1) is 30.1. The van der Waals surface area contributed by atoms with Gasteiger partial charge in [-0.25, -0.2) is 0 Å². The maximum Gasteiger partial charge on any atom is 0.202 e. The number of nitrogens with one attached hydrogen (secondary N) is 1. The molecule has 1 saturated heterocycles. The molecule has 0 radical (unpaired) electrons. The van der Waals surface area contributed by atoms with Crippen LogP contribution < -0.4 is 10.1 Å². The van der Waals surface area contributed by atoms with Crippen molar-refractivity contribution in [3.63, 3.8) is 0 Å². The van der Waals surface area contributed by atoms with E-state index >= 15 is 0 Å². The molecule has 0 bridgehead atoms. The summed E-state index contributed by atoms with van der Waals surface area (Å²) < 4.78 is 17.5. The van der Waals surface area contributed by atoms with Crippen LogP contribution in [0.5, 0.6) is 17.2 Å². The summed E-state index contributed by atoms with van der Waals surface area (Å²) in [4.78, 5) is 40.0. The summed E-state index contributed by atoms with van der Waals surface area (Å²) in [6, 6.07) is 4.11. The molecule has 2 aliphatic carbocycles. The van der Waals surface area contributed by atoms with Crippen LogP contribution in [0.3, 0.4) is 0 Å². The number of benzene rings is 2. The maximum atomic E-state index is 13.8. The highest BCUT2D eigenvalue weighted by Gasteiger charge is 2.49. The van der Waals surface area contributed by atoms with Crippen molar-refractivity contribution in [3.8, 4) is 17.2 Å². The normalized spacial score (nSPS) is 28.6. The van der Waals surface area contributed by atoms with Gasteiger partial charge in [0.2, 0.25) is 5.78 Å². The van der Waals surface area contributed by atoms with Crippen LogP contribution in [-0.2, 0) is 20.7 Å². The number of phenolic OH excluding ortho intramolecular Hbond substituents is 2. The number of fused-ring (bicyclic) bond motifs is 3. The highest BCUT2D eigenvalue weighted by molar-refractivity contribution is 6.31. The lowest BCUT2D eigenvalue weighted by Gasteiger charge is -2.43. The Labute approximate surface area is 243 Å². The Hall–Kier alpha value is -3.35. The average molecular weight is 584 g/mol. The van der Waals surface area contributed by atoms with Gasteiger partial charge in [0.05, 0.1) is 42.1 Å². The van der Waals surface area contributed by atoms with E-state index in [0.29, 0.717) is 6.54 Å². The van der Waals surface area contributed by atoms with Crippen molar-refractivity contribution in [1.82, 2.24) is 5.32 Å². The smallest absolute Gasteiger partial charge is 0.202 e. The predicted molar refractivity (Wildman–Crippen MR) is 149 cm³/mol. The summed E-state index contributed by atoms with van der Waals surface area (Å²) in [6.45, 7) is 5.64. The van der Waals surface area contributed by atoms with Gasteiger partial charge < -0.3 is 40.0 Å². The number of aromatic hydroxyl groups is 2. The molecule has 1 fully saturated rings. The molecule has 11 nitrogen and oxygen atoms in total. The van der Waals surface area contributed by atoms with Crippen molar-refractivity contribution in [2.75, 3.05) is 13.7 Å². The summed E-state index contributed by atoms with van der Waals surface area (Å²) >= 11 is 0. The predicted octanol–water partition coefficient (Wildman–Crippen LogP) is 2.46. The second-order valence-electron chi connectivity index (χ2n) is 11.4. The van der Waals surface area contributed by atoms with Crippen LogP contribution >= 0.6 is 0 Å². The number of carbonyl (C=O) groups excluding carboxylic acids is 3. The molecule has 1 aliphatic heterocycles. The molecule has 5 N–H and O–H groups in total. The zero-order valence-corrected chi connectivity index (χ0v) is 24.1. The third-order valence-corrected chi connectivity index (χ3v) is 8.69. The molecule has 3 aliphatic rings. The van der Waals surface area contributed by atoms with Gasteiger partial charge in [-0.05, 0) is 32.9 Å². The van der Waals surface area contributed by atoms with Crippen LogP contribution in [0, 0.1) is 0 Å². The van der Waals surface area contributed by atoms with Gasteiger partial charge in [-0.15, -0.1) is 0 Å². The Morgan fingerprint density at radius 2 is 1.86 bits per heavy atom. The average Bonchev–Trinajstić information content (AvgIpc) is 2.95. The lowest BCUT2D eigenvalue weighted by molar-refractivity contribution is -0.249. The minimum absolute atomic E-state index is 0.00305. The second-order valence-corrected chi connectivity index (χ2v) is 11.4. The Morgan fingerprint density at radius 3 is 2.52 bits per heavy atom. The van der Waals surface area contributed by atoms with E-state index in [1.807, 2.05) is 0 Å². The topological polar surface area (TPSA) is 172 Å². The first-order valence-electron chi connectivity index (χ1n) is 14.3. The van der Waals surface area contributed by atoms with Crippen molar-refractivity contribution in [2.24, 2.45) is 0 Å². The molecule has 0 spiro atoms. The number of unbranched alkanes of at least 4 members (excludes halogenated alkanes) is 1. The van der Waals surface area contributed by atoms with Gasteiger partial charge in [0.1, 0.15) is 22.8 Å². The molecule has 42 heavy (non-hydrogen) atoms. The highest BCUT2D eigenvalue weighted by Crippen LogP contribution is 2.52. The van der Waals surface area contributed by atoms with Gasteiger partial charge in [0.15, 0.2) is 17.9 Å². The SMILES string of the molecule is CCCCNC1CC(OC2CC(O)(C(C)=O)Cc3c(O)c4c(c(O)c32)C(=O)c2c(OC)cccc2C4=O)OC(C)C1O. The molecule has 6 atom stereocenters. The lowest BCUT2D eigenvalue weighted by Crippen LogP contribution is -2.54. The minimum atomic E-state index is -1.99. The third kappa shape index (κ3) is 4.88. The number of ether oxygens (including phenoxy) is 3. The van der Waals surface area contributed by atoms with Crippen molar-refractivity contribution in [2.45, 2.75) is 89.1 Å². The molecule has 0 saturated carbocycles. The number of ketones is 3. The van der Waals surface area contributed by atoms with E-state index in [4.69, 9.17) is 14.2 Å². The van der Waals surface area contributed by atoms with E-state index in [9.17, 15) is 34.8 Å². The molecule has 226 valence electrons. The largest absolute Gasteiger partial charge is 0.507 e. The number of Topliss-reactive ketones (excluding diaryl/α,β-unsaturated/α-hetero) is 1. The summed E-state index contributed by atoms with van der Waals surface area (Å²) in [5.41, 5.74) is -2.91. The van der Waals surface area contributed by atoms with Crippen molar-refractivity contribution >= 4 is 17.3 Å². The highest BCUT2D eigenvalue weighted by atomic mass is 16.7. The number of aliphatic hydroxyl groups excluding tert-OH is 1. The summed E-state index contributed by atoms with van der Waals surface area (Å²) in [7, 11) is 1.35. The summed E-state index contributed by atoms with van der Waals surface area (Å²) in [6.07, 6.45) is -2.16. The van der Waals surface area contributed by atoms with Crippen molar-refractivity contribution in [3.05, 3.63) is 51.6 Å². The Bertz CT molecular complexity index is 1440. The Morgan fingerprint density at radius 1 is 1.14 bits per heavy atom. The van der Waals surface area contributed by atoms with Gasteiger partial charge in [-0.2, -0.15) is 0 Å². The van der Waals surface area contributed by atoms with Crippen LogP contribution in [0.1, 0.15) is 95.5 Å². The van der Waals surface area contributed by atoms with Gasteiger partial charge in [-0.3, -0.25) is 14.4 Å². The first-order chi connectivity index (χ1) is 19.9. The van der Waals surface area contributed by atoms with E-state index in [1.54, 1.807) is 6.92 Å². The fourth-order valence-corrected chi connectivity index (χ4v) is 6.29. The van der Waals surface area contributed by atoms with Crippen LogP contribution in [-0.4, -0.2) is 81.6 Å². The third-order valence-electron chi connectivity index (χ3n) is 8.69. The van der Waals surface area contributed by atoms with Gasteiger partial charge in [-0.1, -0.05) is 25.5 Å². The number of phenols is 2. The minimum Gasteiger partial charge on any atom is -0.507 e. The van der Waals surface area contributed by atoms with Crippen LogP contribution in [0.15, 0.2) is 18.2 Å². The van der Waals surface area contributed by atoms with Gasteiger partial charge in [0, 0.05) is 42.0 Å². The number of hydrogen-bond donors (Lipinski definition) is 5. The van der Waals surface area contributed by atoms with Crippen molar-refractivity contribution < 1.29 is 49.0 Å². The maximum absolute atomic E-state index is 13.8. The van der Waals surface area contributed by atoms with E-state index in [1.165, 1.54) is 32.2 Å². The zero-order valence-electron chi connectivity index (χ0n) is 24.1. The lowest BCUT2D eigenvalue weighted by atomic mass is 9.72. The first-order valence-corrected chi connectivity index (χ1v) is 14.3. The fourth-order valence-electron chi connectivity index (χ4n) is 6.29. The number of rotatable bonds is 8. The molecule has 0 aromatic heterocycles. The van der Waals surface area contributed by atoms with E-state index in [-0.39, 0.29) is 46.9 Å². The van der Waals surface area contributed by atoms with E-state index < -0.39 is 76.6 Å². The number of carbonyl (C=O) groups is 3. The quantitative estimate of drug-likeness (QED) is 0.195. The zero-order chi connectivity index (χ0) is 30.5. The second kappa shape index (κ2) is 11.4.